The minimum absolute atomic E-state index is 0.265. The molecule has 0 radical (unpaired) electrons. The molecule has 3 rings (SSSR count). The van der Waals surface area contributed by atoms with Crippen molar-refractivity contribution in [3.8, 4) is 0 Å². The fourth-order valence-electron chi connectivity index (χ4n) is 2.44. The van der Waals surface area contributed by atoms with Gasteiger partial charge >= 0.3 is 6.03 Å². The normalized spacial score (nSPS) is 16.3. The van der Waals surface area contributed by atoms with Crippen molar-refractivity contribution < 1.29 is 14.4 Å². The molecule has 0 spiro atoms. The van der Waals surface area contributed by atoms with E-state index in [0.717, 1.165) is 21.4 Å². The van der Waals surface area contributed by atoms with E-state index in [4.69, 9.17) is 5.73 Å². The number of imide groups is 2. The lowest BCUT2D eigenvalue weighted by molar-refractivity contribution is -0.131. The largest absolute Gasteiger partial charge is 0.361 e. The molecule has 108 valence electrons. The first-order valence-corrected chi connectivity index (χ1v) is 6.52. The Morgan fingerprint density at radius 1 is 1.33 bits per heavy atom. The summed E-state index contributed by atoms with van der Waals surface area (Å²) in [6.07, 6.45) is 2.09. The maximum atomic E-state index is 12.1. The molecule has 4 amide bonds. The predicted molar refractivity (Wildman–Crippen MR) is 75.2 cm³/mol. The quantitative estimate of drug-likeness (QED) is 0.696. The van der Waals surface area contributed by atoms with Crippen molar-refractivity contribution >= 4 is 28.7 Å². The molecule has 1 atom stereocenters. The summed E-state index contributed by atoms with van der Waals surface area (Å²) in [7, 11) is 0. The number of amides is 4. The highest BCUT2D eigenvalue weighted by molar-refractivity contribution is 6.11. The van der Waals surface area contributed by atoms with Crippen molar-refractivity contribution in [2.75, 3.05) is 6.54 Å². The molecule has 1 aromatic carbocycles. The Morgan fingerprint density at radius 2 is 2.10 bits per heavy atom. The SMILES string of the molecule is N[C@H](Cc1c[nH]c2ccccc12)C(=O)N1CC(=O)NC1=O. The molecule has 0 aliphatic carbocycles. The monoisotopic (exact) mass is 286 g/mol. The average Bonchev–Trinajstić information content (AvgIpc) is 3.02. The maximum absolute atomic E-state index is 12.1. The van der Waals surface area contributed by atoms with Gasteiger partial charge in [-0.1, -0.05) is 18.2 Å². The van der Waals surface area contributed by atoms with Crippen molar-refractivity contribution in [3.63, 3.8) is 0 Å². The Morgan fingerprint density at radius 3 is 2.81 bits per heavy atom. The minimum Gasteiger partial charge on any atom is -0.361 e. The fraction of sp³-hybridized carbons (Fsp3) is 0.214. The van der Waals surface area contributed by atoms with Gasteiger partial charge in [-0.2, -0.15) is 0 Å². The van der Waals surface area contributed by atoms with Crippen LogP contribution in [0.3, 0.4) is 0 Å². The van der Waals surface area contributed by atoms with E-state index in [2.05, 4.69) is 10.3 Å². The molecule has 1 fully saturated rings. The molecular formula is C14H14N4O3. The highest BCUT2D eigenvalue weighted by Crippen LogP contribution is 2.19. The number of carbonyl (C=O) groups excluding carboxylic acids is 3. The molecule has 0 bridgehead atoms. The van der Waals surface area contributed by atoms with Crippen LogP contribution < -0.4 is 11.1 Å². The second kappa shape index (κ2) is 5.02. The molecule has 1 saturated heterocycles. The van der Waals surface area contributed by atoms with Crippen molar-refractivity contribution in [3.05, 3.63) is 36.0 Å². The van der Waals surface area contributed by atoms with Crippen LogP contribution in [-0.4, -0.2) is 40.3 Å². The third-order valence-corrected chi connectivity index (χ3v) is 3.49. The van der Waals surface area contributed by atoms with Crippen molar-refractivity contribution in [2.45, 2.75) is 12.5 Å². The number of aromatic nitrogens is 1. The summed E-state index contributed by atoms with van der Waals surface area (Å²) >= 11 is 0. The van der Waals surface area contributed by atoms with Gasteiger partial charge in [0.25, 0.3) is 0 Å². The van der Waals surface area contributed by atoms with Crippen molar-refractivity contribution in [2.24, 2.45) is 5.73 Å². The summed E-state index contributed by atoms with van der Waals surface area (Å²) in [5.74, 6) is -1.05. The minimum atomic E-state index is -0.874. The molecule has 1 aliphatic heterocycles. The molecule has 2 aromatic rings. The predicted octanol–water partition coefficient (Wildman–Crippen LogP) is 0.116. The number of carbonyl (C=O) groups is 3. The topological polar surface area (TPSA) is 108 Å². The number of H-pyrrole nitrogens is 1. The zero-order chi connectivity index (χ0) is 15.0. The molecule has 1 aromatic heterocycles. The molecule has 0 saturated carbocycles. The van der Waals surface area contributed by atoms with Gasteiger partial charge in [-0.25, -0.2) is 4.79 Å². The van der Waals surface area contributed by atoms with Gasteiger partial charge in [-0.15, -0.1) is 0 Å². The number of nitrogens with two attached hydrogens (primary N) is 1. The van der Waals surface area contributed by atoms with E-state index in [0.29, 0.717) is 6.42 Å². The molecule has 0 unspecified atom stereocenters. The average molecular weight is 286 g/mol. The van der Waals surface area contributed by atoms with Gasteiger partial charge in [0.15, 0.2) is 0 Å². The number of hydrogen-bond acceptors (Lipinski definition) is 4. The van der Waals surface area contributed by atoms with Crippen LogP contribution in [-0.2, 0) is 16.0 Å². The number of hydrogen-bond donors (Lipinski definition) is 3. The summed E-state index contributed by atoms with van der Waals surface area (Å²) in [5, 5.41) is 3.05. The lowest BCUT2D eigenvalue weighted by Crippen LogP contribution is -2.46. The number of nitrogens with one attached hydrogen (secondary N) is 2. The van der Waals surface area contributed by atoms with E-state index in [1.54, 1.807) is 6.20 Å². The fourth-order valence-corrected chi connectivity index (χ4v) is 2.44. The van der Waals surface area contributed by atoms with Crippen LogP contribution in [0.25, 0.3) is 10.9 Å². The van der Waals surface area contributed by atoms with E-state index in [-0.39, 0.29) is 6.54 Å². The first-order valence-electron chi connectivity index (χ1n) is 6.52. The smallest absolute Gasteiger partial charge is 0.331 e. The van der Waals surface area contributed by atoms with Gasteiger partial charge in [0.1, 0.15) is 6.54 Å². The molecule has 21 heavy (non-hydrogen) atoms. The highest BCUT2D eigenvalue weighted by atomic mass is 16.2. The van der Waals surface area contributed by atoms with Gasteiger partial charge in [0.2, 0.25) is 11.8 Å². The van der Waals surface area contributed by atoms with Crippen molar-refractivity contribution in [1.82, 2.24) is 15.2 Å². The Bertz CT molecular complexity index is 737. The molecule has 2 heterocycles. The van der Waals surface area contributed by atoms with E-state index in [1.165, 1.54) is 0 Å². The van der Waals surface area contributed by atoms with Crippen LogP contribution in [0, 0.1) is 0 Å². The molecule has 4 N–H and O–H groups in total. The van der Waals surface area contributed by atoms with Crippen LogP contribution in [0.2, 0.25) is 0 Å². The van der Waals surface area contributed by atoms with Crippen LogP contribution in [0.4, 0.5) is 4.79 Å². The summed E-state index contributed by atoms with van der Waals surface area (Å²) in [4.78, 5) is 38.7. The summed E-state index contributed by atoms with van der Waals surface area (Å²) in [5.41, 5.74) is 7.75. The third kappa shape index (κ3) is 2.38. The Hall–Kier alpha value is -2.67. The Balaban J connectivity index is 1.77. The first-order chi connectivity index (χ1) is 10.1. The lowest BCUT2D eigenvalue weighted by atomic mass is 10.0. The molecule has 7 heteroatoms. The zero-order valence-electron chi connectivity index (χ0n) is 11.1. The first kappa shape index (κ1) is 13.3. The maximum Gasteiger partial charge on any atom is 0.331 e. The molecule has 7 nitrogen and oxygen atoms in total. The lowest BCUT2D eigenvalue weighted by Gasteiger charge is -2.16. The van der Waals surface area contributed by atoms with Crippen LogP contribution in [0.5, 0.6) is 0 Å². The molecule has 1 aliphatic rings. The van der Waals surface area contributed by atoms with E-state index >= 15 is 0 Å². The number of fused-ring (bicyclic) bond motifs is 1. The third-order valence-electron chi connectivity index (χ3n) is 3.49. The zero-order valence-corrected chi connectivity index (χ0v) is 11.1. The number of para-hydroxylation sites is 1. The van der Waals surface area contributed by atoms with Crippen LogP contribution >= 0.6 is 0 Å². The van der Waals surface area contributed by atoms with Gasteiger partial charge in [-0.05, 0) is 18.1 Å². The highest BCUT2D eigenvalue weighted by Gasteiger charge is 2.34. The van der Waals surface area contributed by atoms with Crippen LogP contribution in [0.15, 0.2) is 30.5 Å². The van der Waals surface area contributed by atoms with E-state index in [1.807, 2.05) is 24.3 Å². The number of nitrogens with zero attached hydrogens (tertiary/aromatic N) is 1. The van der Waals surface area contributed by atoms with Gasteiger partial charge in [-0.3, -0.25) is 19.8 Å². The number of urea groups is 1. The van der Waals surface area contributed by atoms with E-state index < -0.39 is 23.9 Å². The summed E-state index contributed by atoms with van der Waals surface area (Å²) in [6, 6.07) is 6.09. The molecular weight excluding hydrogens is 272 g/mol. The number of benzene rings is 1. The Kier molecular flexibility index (Phi) is 3.19. The van der Waals surface area contributed by atoms with Crippen molar-refractivity contribution in [1.29, 1.82) is 0 Å². The van der Waals surface area contributed by atoms with Gasteiger partial charge in [0.05, 0.1) is 6.04 Å². The second-order valence-electron chi connectivity index (χ2n) is 4.95. The summed E-state index contributed by atoms with van der Waals surface area (Å²) in [6.45, 7) is -0.265. The Labute approximate surface area is 120 Å². The van der Waals surface area contributed by atoms with Gasteiger partial charge in [0, 0.05) is 17.1 Å². The summed E-state index contributed by atoms with van der Waals surface area (Å²) < 4.78 is 0. The van der Waals surface area contributed by atoms with Gasteiger partial charge < -0.3 is 10.7 Å². The number of rotatable bonds is 3. The standard InChI is InChI=1S/C14H14N4O3/c15-10(13(20)18-7-12(19)17-14(18)21)5-8-6-16-11-4-2-1-3-9(8)11/h1-4,6,10,16H,5,7,15H2,(H,17,19,21)/t10-/m1/s1. The van der Waals surface area contributed by atoms with E-state index in [9.17, 15) is 14.4 Å². The second-order valence-corrected chi connectivity index (χ2v) is 4.95. The van der Waals surface area contributed by atoms with Crippen LogP contribution in [0.1, 0.15) is 5.56 Å². The number of aromatic amines is 1.